The maximum Gasteiger partial charge on any atom is 0.254 e. The van der Waals surface area contributed by atoms with Crippen molar-refractivity contribution in [2.75, 3.05) is 0 Å². The van der Waals surface area contributed by atoms with E-state index < -0.39 is 0 Å². The van der Waals surface area contributed by atoms with E-state index in [1.807, 2.05) is 0 Å². The van der Waals surface area contributed by atoms with Gasteiger partial charge in [0, 0.05) is 5.69 Å². The summed E-state index contributed by atoms with van der Waals surface area (Å²) in [5.74, 6) is 0. The second kappa shape index (κ2) is 2.36. The molecule has 3 heteroatoms. The number of aryl methyl sites for hydroxylation is 1. The summed E-state index contributed by atoms with van der Waals surface area (Å²) < 4.78 is 0. The van der Waals surface area contributed by atoms with Crippen molar-refractivity contribution < 1.29 is 0 Å². The molecule has 0 atom stereocenters. The predicted octanol–water partition coefficient (Wildman–Crippen LogP) is 1.23. The minimum absolute atomic E-state index is 0.144. The van der Waals surface area contributed by atoms with E-state index in [4.69, 9.17) is 6.57 Å². The van der Waals surface area contributed by atoms with Crippen LogP contribution in [0.1, 0.15) is 5.69 Å². The second-order valence-electron chi connectivity index (χ2n) is 1.97. The summed E-state index contributed by atoms with van der Waals surface area (Å²) in [5, 5.41) is 0. The highest BCUT2D eigenvalue weighted by molar-refractivity contribution is 5.41. The molecule has 0 aromatic carbocycles. The van der Waals surface area contributed by atoms with Crippen LogP contribution in [0.5, 0.6) is 0 Å². The third-order valence-corrected chi connectivity index (χ3v) is 1.15. The van der Waals surface area contributed by atoms with Crippen LogP contribution in [0.15, 0.2) is 16.9 Å². The normalized spacial score (nSPS) is 8.80. The van der Waals surface area contributed by atoms with Crippen molar-refractivity contribution in [1.29, 1.82) is 0 Å². The molecule has 0 amide bonds. The minimum Gasteiger partial charge on any atom is -0.335 e. The molecule has 1 aromatic rings. The Hall–Kier alpha value is -1.56. The van der Waals surface area contributed by atoms with E-state index in [1.165, 1.54) is 6.07 Å². The molecule has 0 aliphatic rings. The highest BCUT2D eigenvalue weighted by Crippen LogP contribution is 2.01. The van der Waals surface area contributed by atoms with E-state index in [0.717, 1.165) is 5.69 Å². The number of H-pyrrole nitrogens is 1. The number of pyridine rings is 1. The second-order valence-corrected chi connectivity index (χ2v) is 1.97. The maximum absolute atomic E-state index is 10.8. The predicted molar refractivity (Wildman–Crippen MR) is 38.1 cm³/mol. The fourth-order valence-electron chi connectivity index (χ4n) is 0.652. The molecule has 0 radical (unpaired) electrons. The molecule has 0 bridgehead atoms. The Balaban J connectivity index is 3.38. The number of aromatic nitrogens is 1. The van der Waals surface area contributed by atoms with Crippen molar-refractivity contribution in [3.8, 4) is 0 Å². The number of nitrogens with one attached hydrogen (secondary N) is 1. The first kappa shape index (κ1) is 6.56. The number of rotatable bonds is 0. The molecule has 10 heavy (non-hydrogen) atoms. The van der Waals surface area contributed by atoms with Gasteiger partial charge < -0.3 is 4.98 Å². The fourth-order valence-corrected chi connectivity index (χ4v) is 0.652. The van der Waals surface area contributed by atoms with Crippen molar-refractivity contribution in [2.45, 2.75) is 6.92 Å². The fraction of sp³-hybridized carbons (Fsp3) is 0.143. The zero-order valence-electron chi connectivity index (χ0n) is 5.51. The highest BCUT2D eigenvalue weighted by atomic mass is 16.1. The monoisotopic (exact) mass is 134 g/mol. The molecule has 0 aliphatic carbocycles. The summed E-state index contributed by atoms with van der Waals surface area (Å²) in [7, 11) is 0. The first-order valence-corrected chi connectivity index (χ1v) is 2.81. The highest BCUT2D eigenvalue weighted by Gasteiger charge is 1.94. The number of nitrogens with zero attached hydrogens (tertiary/aromatic N) is 1. The van der Waals surface area contributed by atoms with Gasteiger partial charge in [0.15, 0.2) is 0 Å². The molecule has 0 aliphatic heterocycles. The average Bonchev–Trinajstić information content (AvgIpc) is 1.88. The van der Waals surface area contributed by atoms with Crippen LogP contribution in [0.4, 0.5) is 5.69 Å². The Morgan fingerprint density at radius 2 is 2.30 bits per heavy atom. The lowest BCUT2D eigenvalue weighted by molar-refractivity contribution is 1.15. The van der Waals surface area contributed by atoms with Gasteiger partial charge in [-0.05, 0) is 13.0 Å². The Kier molecular flexibility index (Phi) is 1.55. The third kappa shape index (κ3) is 1.06. The van der Waals surface area contributed by atoms with Gasteiger partial charge in [0.25, 0.3) is 5.56 Å². The smallest absolute Gasteiger partial charge is 0.254 e. The van der Waals surface area contributed by atoms with E-state index in [0.29, 0.717) is 0 Å². The first-order chi connectivity index (χ1) is 4.74. The molecular formula is C7H6N2O. The van der Waals surface area contributed by atoms with Crippen LogP contribution < -0.4 is 5.56 Å². The summed E-state index contributed by atoms with van der Waals surface area (Å²) in [6.45, 7) is 8.33. The van der Waals surface area contributed by atoms with Gasteiger partial charge >= 0.3 is 0 Å². The van der Waals surface area contributed by atoms with E-state index in [9.17, 15) is 4.79 Å². The van der Waals surface area contributed by atoms with Gasteiger partial charge in [0.2, 0.25) is 5.69 Å². The number of aromatic amines is 1. The topological polar surface area (TPSA) is 37.2 Å². The molecule has 1 heterocycles. The van der Waals surface area contributed by atoms with Gasteiger partial charge in [-0.1, -0.05) is 6.07 Å². The van der Waals surface area contributed by atoms with E-state index in [-0.39, 0.29) is 11.2 Å². The lowest BCUT2D eigenvalue weighted by Gasteiger charge is -1.89. The molecular weight excluding hydrogens is 128 g/mol. The Bertz CT molecular complexity index is 332. The van der Waals surface area contributed by atoms with Gasteiger partial charge in [-0.15, -0.1) is 0 Å². The van der Waals surface area contributed by atoms with Gasteiger partial charge in [-0.2, -0.15) is 0 Å². The van der Waals surface area contributed by atoms with E-state index in [1.54, 1.807) is 13.0 Å². The van der Waals surface area contributed by atoms with Crippen LogP contribution in [0.25, 0.3) is 4.85 Å². The molecule has 1 N–H and O–H groups in total. The van der Waals surface area contributed by atoms with Crippen LogP contribution in [0.2, 0.25) is 0 Å². The van der Waals surface area contributed by atoms with Crippen LogP contribution in [0.3, 0.4) is 0 Å². The molecule has 0 fully saturated rings. The number of hydrogen-bond acceptors (Lipinski definition) is 1. The zero-order chi connectivity index (χ0) is 7.56. The molecule has 1 aromatic heterocycles. The van der Waals surface area contributed by atoms with E-state index in [2.05, 4.69) is 9.83 Å². The van der Waals surface area contributed by atoms with E-state index >= 15 is 0 Å². The molecule has 0 saturated heterocycles. The summed E-state index contributed by atoms with van der Waals surface area (Å²) in [5.41, 5.74) is 0.609. The first-order valence-electron chi connectivity index (χ1n) is 2.81. The molecule has 0 spiro atoms. The van der Waals surface area contributed by atoms with Crippen LogP contribution in [0, 0.1) is 13.5 Å². The molecule has 3 nitrogen and oxygen atoms in total. The van der Waals surface area contributed by atoms with Crippen LogP contribution in [-0.4, -0.2) is 4.98 Å². The summed E-state index contributed by atoms with van der Waals surface area (Å²) in [6, 6.07) is 3.22. The van der Waals surface area contributed by atoms with Crippen molar-refractivity contribution in [2.24, 2.45) is 0 Å². The Morgan fingerprint density at radius 3 is 2.80 bits per heavy atom. The molecule has 0 saturated carbocycles. The lowest BCUT2D eigenvalue weighted by Crippen LogP contribution is -2.04. The van der Waals surface area contributed by atoms with Crippen LogP contribution >= 0.6 is 0 Å². The van der Waals surface area contributed by atoms with Crippen molar-refractivity contribution in [3.63, 3.8) is 0 Å². The molecule has 1 rings (SSSR count). The number of hydrogen-bond donors (Lipinski definition) is 1. The van der Waals surface area contributed by atoms with Gasteiger partial charge in [-0.3, -0.25) is 4.79 Å². The van der Waals surface area contributed by atoms with Crippen molar-refractivity contribution in [1.82, 2.24) is 4.98 Å². The largest absolute Gasteiger partial charge is 0.335 e. The summed E-state index contributed by atoms with van der Waals surface area (Å²) in [4.78, 5) is 16.3. The van der Waals surface area contributed by atoms with Crippen molar-refractivity contribution in [3.05, 3.63) is 39.6 Å². The zero-order valence-corrected chi connectivity index (χ0v) is 5.51. The third-order valence-electron chi connectivity index (χ3n) is 1.15. The molecule has 0 unspecified atom stereocenters. The summed E-state index contributed by atoms with van der Waals surface area (Å²) in [6.07, 6.45) is 0. The van der Waals surface area contributed by atoms with Gasteiger partial charge in [0.1, 0.15) is 0 Å². The SMILES string of the molecule is [C-]#[N+]c1ccc(C)[nH]c1=O. The van der Waals surface area contributed by atoms with Crippen LogP contribution in [-0.2, 0) is 0 Å². The average molecular weight is 134 g/mol. The summed E-state index contributed by atoms with van der Waals surface area (Å²) >= 11 is 0. The standard InChI is InChI=1S/C7H6N2O/c1-5-3-4-6(8-2)7(10)9-5/h3-4H,1H3,(H,9,10). The van der Waals surface area contributed by atoms with Gasteiger partial charge in [0.05, 0.1) is 6.57 Å². The lowest BCUT2D eigenvalue weighted by atomic mass is 10.3. The molecule has 50 valence electrons. The van der Waals surface area contributed by atoms with Crippen molar-refractivity contribution >= 4 is 5.69 Å². The quantitative estimate of drug-likeness (QED) is 0.532. The minimum atomic E-state index is -0.310. The van der Waals surface area contributed by atoms with Gasteiger partial charge in [-0.25, -0.2) is 4.85 Å². The Morgan fingerprint density at radius 1 is 1.60 bits per heavy atom. The maximum atomic E-state index is 10.8. The Labute approximate surface area is 58.1 Å².